The molecule has 0 bridgehead atoms. The van der Waals surface area contributed by atoms with Gasteiger partial charge in [0.15, 0.2) is 17.5 Å². The van der Waals surface area contributed by atoms with Crippen LogP contribution in [0.1, 0.15) is 31.2 Å². The molecule has 2 fully saturated rings. The lowest BCUT2D eigenvalue weighted by Crippen LogP contribution is -2.53. The molecule has 5 rings (SSSR count). The number of aromatic nitrogens is 2. The van der Waals surface area contributed by atoms with Crippen LogP contribution in [0.2, 0.25) is 0 Å². The molecule has 0 radical (unpaired) electrons. The molecule has 0 atom stereocenters. The molecule has 1 aromatic heterocycles. The molecular formula is C21H28N6O2S. The Balaban J connectivity index is 1.18. The Morgan fingerprint density at radius 2 is 2.00 bits per heavy atom. The lowest BCUT2D eigenvalue weighted by atomic mass is 9.95. The maximum atomic E-state index is 5.57. The van der Waals surface area contributed by atoms with Crippen molar-refractivity contribution in [1.82, 2.24) is 19.6 Å². The largest absolute Gasteiger partial charge is 0.454 e. The van der Waals surface area contributed by atoms with E-state index in [0.29, 0.717) is 6.79 Å². The normalized spacial score (nSPS) is 19.9. The number of ether oxygens (including phenoxy) is 2. The number of guanidine groups is 1. The van der Waals surface area contributed by atoms with Gasteiger partial charge in [0.05, 0.1) is 0 Å². The minimum absolute atomic E-state index is 0.169. The van der Waals surface area contributed by atoms with Crippen molar-refractivity contribution >= 4 is 22.6 Å². The number of anilines is 1. The van der Waals surface area contributed by atoms with Crippen molar-refractivity contribution in [1.29, 1.82) is 0 Å². The van der Waals surface area contributed by atoms with Gasteiger partial charge in [0, 0.05) is 63.1 Å². The first kappa shape index (κ1) is 19.4. The first-order valence-corrected chi connectivity index (χ1v) is 11.4. The number of benzene rings is 1. The summed E-state index contributed by atoms with van der Waals surface area (Å²) in [5.41, 5.74) is 1.49. The van der Waals surface area contributed by atoms with Gasteiger partial charge >= 0.3 is 0 Å². The van der Waals surface area contributed by atoms with Gasteiger partial charge in [-0.1, -0.05) is 13.0 Å². The van der Waals surface area contributed by atoms with Gasteiger partial charge in [-0.3, -0.25) is 4.99 Å². The fraction of sp³-hybridized carbons (Fsp3) is 0.571. The third-order valence-electron chi connectivity index (χ3n) is 6.26. The van der Waals surface area contributed by atoms with E-state index >= 15 is 0 Å². The first-order valence-electron chi connectivity index (χ1n) is 10.6. The van der Waals surface area contributed by atoms with E-state index < -0.39 is 0 Å². The van der Waals surface area contributed by atoms with Crippen molar-refractivity contribution < 1.29 is 9.47 Å². The number of nitrogens with one attached hydrogen (secondary N) is 1. The number of aliphatic imine (C=N–C) groups is 1. The van der Waals surface area contributed by atoms with Crippen molar-refractivity contribution in [3.8, 4) is 11.5 Å². The molecule has 3 heterocycles. The van der Waals surface area contributed by atoms with E-state index in [0.717, 1.165) is 67.6 Å². The van der Waals surface area contributed by atoms with E-state index in [9.17, 15) is 0 Å². The lowest BCUT2D eigenvalue weighted by Gasteiger charge is -2.36. The zero-order valence-corrected chi connectivity index (χ0v) is 18.4. The molecule has 2 aliphatic heterocycles. The molecule has 8 nitrogen and oxygen atoms in total. The summed E-state index contributed by atoms with van der Waals surface area (Å²) in [5, 5.41) is 4.67. The van der Waals surface area contributed by atoms with Crippen LogP contribution >= 0.6 is 11.5 Å². The standard InChI is InChI=1S/C21H28N6O2S/c1-3-18-24-20(30-25-18)27-10-8-26(9-11-27)19(22-2)23-13-21(6-7-21)15-4-5-16-17(12-15)29-14-28-16/h4-5,12H,3,6-11,13-14H2,1-2H3,(H,22,23). The third-order valence-corrected chi connectivity index (χ3v) is 7.07. The second kappa shape index (κ2) is 7.94. The van der Waals surface area contributed by atoms with E-state index in [1.165, 1.54) is 29.9 Å². The van der Waals surface area contributed by atoms with Crippen LogP contribution in [0.25, 0.3) is 0 Å². The summed E-state index contributed by atoms with van der Waals surface area (Å²) in [7, 11) is 1.87. The number of fused-ring (bicyclic) bond motifs is 1. The number of rotatable bonds is 5. The van der Waals surface area contributed by atoms with Crippen LogP contribution in [0.5, 0.6) is 11.5 Å². The zero-order valence-electron chi connectivity index (χ0n) is 17.6. The van der Waals surface area contributed by atoms with Gasteiger partial charge < -0.3 is 24.6 Å². The summed E-state index contributed by atoms with van der Waals surface area (Å²) >= 11 is 1.51. The van der Waals surface area contributed by atoms with E-state index in [1.807, 2.05) is 13.1 Å². The van der Waals surface area contributed by atoms with Crippen LogP contribution in [0.4, 0.5) is 5.13 Å². The Hall–Kier alpha value is -2.55. The molecule has 2 aromatic rings. The van der Waals surface area contributed by atoms with Crippen molar-refractivity contribution in [2.24, 2.45) is 4.99 Å². The van der Waals surface area contributed by atoms with Gasteiger partial charge in [0.1, 0.15) is 5.82 Å². The molecule has 1 N–H and O–H groups in total. The van der Waals surface area contributed by atoms with Gasteiger partial charge in [-0.05, 0) is 30.5 Å². The first-order chi connectivity index (χ1) is 14.7. The topological polar surface area (TPSA) is 75.1 Å². The summed E-state index contributed by atoms with van der Waals surface area (Å²) in [6, 6.07) is 6.35. The second-order valence-corrected chi connectivity index (χ2v) is 8.80. The zero-order chi connectivity index (χ0) is 20.6. The third kappa shape index (κ3) is 3.66. The molecule has 160 valence electrons. The molecule has 1 aromatic carbocycles. The number of hydrogen-bond donors (Lipinski definition) is 1. The Morgan fingerprint density at radius 3 is 2.70 bits per heavy atom. The quantitative estimate of drug-likeness (QED) is 0.578. The highest BCUT2D eigenvalue weighted by atomic mass is 32.1. The molecule has 0 amide bonds. The van der Waals surface area contributed by atoms with Crippen LogP contribution in [0.15, 0.2) is 23.2 Å². The van der Waals surface area contributed by atoms with Gasteiger partial charge in [-0.15, -0.1) is 0 Å². The predicted molar refractivity (Wildman–Crippen MR) is 118 cm³/mol. The highest BCUT2D eigenvalue weighted by Gasteiger charge is 2.45. The number of hydrogen-bond acceptors (Lipinski definition) is 7. The SMILES string of the molecule is CCc1nsc(N2CCN(C(=NC)NCC3(c4ccc5c(c4)OCO5)CC3)CC2)n1. The maximum absolute atomic E-state index is 5.57. The molecule has 9 heteroatoms. The summed E-state index contributed by atoms with van der Waals surface area (Å²) in [6.45, 7) is 7.03. The summed E-state index contributed by atoms with van der Waals surface area (Å²) < 4.78 is 15.4. The van der Waals surface area contributed by atoms with Gasteiger partial charge in [-0.25, -0.2) is 4.98 Å². The Morgan fingerprint density at radius 1 is 1.20 bits per heavy atom. The van der Waals surface area contributed by atoms with E-state index in [1.54, 1.807) is 0 Å². The Kier molecular flexibility index (Phi) is 5.14. The monoisotopic (exact) mass is 428 g/mol. The maximum Gasteiger partial charge on any atom is 0.231 e. The molecule has 3 aliphatic rings. The minimum atomic E-state index is 0.169. The number of aryl methyl sites for hydroxylation is 1. The van der Waals surface area contributed by atoms with Gasteiger partial charge in [0.2, 0.25) is 11.9 Å². The van der Waals surface area contributed by atoms with Crippen LogP contribution < -0.4 is 19.7 Å². The molecule has 30 heavy (non-hydrogen) atoms. The smallest absolute Gasteiger partial charge is 0.231 e. The highest BCUT2D eigenvalue weighted by Crippen LogP contribution is 2.49. The van der Waals surface area contributed by atoms with E-state index in [2.05, 4.69) is 48.5 Å². The van der Waals surface area contributed by atoms with Crippen LogP contribution in [-0.4, -0.2) is 66.8 Å². The molecule has 1 saturated carbocycles. The van der Waals surface area contributed by atoms with Gasteiger partial charge in [0.25, 0.3) is 0 Å². The van der Waals surface area contributed by atoms with E-state index in [-0.39, 0.29) is 5.41 Å². The average molecular weight is 429 g/mol. The van der Waals surface area contributed by atoms with Crippen LogP contribution in [0.3, 0.4) is 0 Å². The average Bonchev–Trinajstić information content (AvgIpc) is 3.21. The van der Waals surface area contributed by atoms with Crippen molar-refractivity contribution in [2.45, 2.75) is 31.6 Å². The highest BCUT2D eigenvalue weighted by molar-refractivity contribution is 7.09. The summed E-state index contributed by atoms with van der Waals surface area (Å²) in [5.74, 6) is 3.63. The van der Waals surface area contributed by atoms with Crippen molar-refractivity contribution in [2.75, 3.05) is 51.5 Å². The lowest BCUT2D eigenvalue weighted by molar-refractivity contribution is 0.174. The van der Waals surface area contributed by atoms with Crippen molar-refractivity contribution in [3.05, 3.63) is 29.6 Å². The molecule has 1 saturated heterocycles. The number of nitrogens with zero attached hydrogens (tertiary/aromatic N) is 5. The molecule has 0 unspecified atom stereocenters. The summed E-state index contributed by atoms with van der Waals surface area (Å²) in [6.07, 6.45) is 3.25. The van der Waals surface area contributed by atoms with Crippen molar-refractivity contribution in [3.63, 3.8) is 0 Å². The molecule has 0 spiro atoms. The van der Waals surface area contributed by atoms with E-state index in [4.69, 9.17) is 9.47 Å². The van der Waals surface area contributed by atoms with Gasteiger partial charge in [-0.2, -0.15) is 4.37 Å². The van der Waals surface area contributed by atoms with Crippen LogP contribution in [0, 0.1) is 0 Å². The summed E-state index contributed by atoms with van der Waals surface area (Å²) in [4.78, 5) is 13.8. The predicted octanol–water partition coefficient (Wildman–Crippen LogP) is 2.26. The fourth-order valence-corrected chi connectivity index (χ4v) is 4.95. The van der Waals surface area contributed by atoms with Crippen LogP contribution in [-0.2, 0) is 11.8 Å². The minimum Gasteiger partial charge on any atom is -0.454 e. The Labute approximate surface area is 181 Å². The second-order valence-electron chi connectivity index (χ2n) is 8.07. The molecule has 1 aliphatic carbocycles. The fourth-order valence-electron chi connectivity index (χ4n) is 4.15. The Bertz CT molecular complexity index is 933. The molecular weight excluding hydrogens is 400 g/mol. The number of piperazine rings is 1.